The molecule has 0 saturated carbocycles. The van der Waals surface area contributed by atoms with Crippen molar-refractivity contribution in [3.05, 3.63) is 71.8 Å². The van der Waals surface area contributed by atoms with Gasteiger partial charge in [-0.1, -0.05) is 35.9 Å². The van der Waals surface area contributed by atoms with Crippen molar-refractivity contribution in [2.75, 3.05) is 19.5 Å². The molecule has 1 aromatic heterocycles. The average molecular weight is 392 g/mol. The maximum atomic E-state index is 6.15. The minimum atomic E-state index is 0.607. The van der Waals surface area contributed by atoms with Gasteiger partial charge in [0.05, 0.1) is 19.9 Å². The van der Waals surface area contributed by atoms with E-state index in [4.69, 9.17) is 21.1 Å². The van der Waals surface area contributed by atoms with Gasteiger partial charge in [-0.25, -0.2) is 0 Å². The maximum absolute atomic E-state index is 6.15. The van der Waals surface area contributed by atoms with Crippen LogP contribution in [0.1, 0.15) is 0 Å². The number of fused-ring (bicyclic) bond motifs is 1. The third-order valence-corrected chi connectivity index (χ3v) is 4.70. The number of hydrogen-bond acceptors (Lipinski definition) is 5. The number of ether oxygens (including phenoxy) is 2. The van der Waals surface area contributed by atoms with Crippen molar-refractivity contribution in [1.29, 1.82) is 0 Å². The molecule has 0 aliphatic rings. The van der Waals surface area contributed by atoms with Crippen molar-refractivity contribution in [2.24, 2.45) is 0 Å². The minimum Gasteiger partial charge on any atom is -0.497 e. The van der Waals surface area contributed by atoms with Gasteiger partial charge in [0.15, 0.2) is 5.82 Å². The molecule has 0 radical (unpaired) electrons. The second kappa shape index (κ2) is 7.74. The Kier molecular flexibility index (Phi) is 5.00. The van der Waals surface area contributed by atoms with E-state index in [1.807, 2.05) is 54.6 Å². The molecule has 0 aliphatic heterocycles. The van der Waals surface area contributed by atoms with Gasteiger partial charge in [0, 0.05) is 21.4 Å². The highest BCUT2D eigenvalue weighted by atomic mass is 35.5. The lowest BCUT2D eigenvalue weighted by Gasteiger charge is -2.14. The number of nitrogens with zero attached hydrogens (tertiary/aromatic N) is 2. The summed E-state index contributed by atoms with van der Waals surface area (Å²) in [6.07, 6.45) is 0. The van der Waals surface area contributed by atoms with Crippen molar-refractivity contribution >= 4 is 33.9 Å². The SMILES string of the molecule is COc1ccc(-c2nnc(Nc3cc(Cl)ccc3OC)c3ccccc23)cc1. The van der Waals surface area contributed by atoms with E-state index in [1.54, 1.807) is 26.4 Å². The lowest BCUT2D eigenvalue weighted by Crippen LogP contribution is -2.01. The Balaban J connectivity index is 1.81. The third kappa shape index (κ3) is 3.44. The second-order valence-electron chi connectivity index (χ2n) is 6.14. The highest BCUT2D eigenvalue weighted by Crippen LogP contribution is 2.35. The van der Waals surface area contributed by atoms with Crippen LogP contribution in [-0.2, 0) is 0 Å². The fraction of sp³-hybridized carbons (Fsp3) is 0.0909. The Labute approximate surface area is 167 Å². The lowest BCUT2D eigenvalue weighted by molar-refractivity contribution is 0.415. The van der Waals surface area contributed by atoms with Gasteiger partial charge in [0.2, 0.25) is 0 Å². The molecule has 0 amide bonds. The summed E-state index contributed by atoms with van der Waals surface area (Å²) in [4.78, 5) is 0. The molecule has 6 heteroatoms. The first-order chi connectivity index (χ1) is 13.7. The molecule has 0 aliphatic carbocycles. The maximum Gasteiger partial charge on any atom is 0.161 e. The zero-order chi connectivity index (χ0) is 19.5. The molecule has 0 atom stereocenters. The number of benzene rings is 3. The van der Waals surface area contributed by atoms with E-state index < -0.39 is 0 Å². The van der Waals surface area contributed by atoms with Crippen LogP contribution >= 0.6 is 11.6 Å². The van der Waals surface area contributed by atoms with Crippen molar-refractivity contribution < 1.29 is 9.47 Å². The standard InChI is InChI=1S/C22H18ClN3O2/c1-27-16-10-7-14(8-11-16)21-17-5-3-4-6-18(17)22(26-25-21)24-19-13-15(23)9-12-20(19)28-2/h3-13H,1-2H3,(H,24,26). The fourth-order valence-electron chi connectivity index (χ4n) is 3.06. The molecule has 0 unspecified atom stereocenters. The molecule has 4 rings (SSSR count). The Hall–Kier alpha value is -3.31. The molecule has 28 heavy (non-hydrogen) atoms. The number of halogens is 1. The fourth-order valence-corrected chi connectivity index (χ4v) is 3.24. The normalized spacial score (nSPS) is 10.7. The molecular weight excluding hydrogens is 374 g/mol. The number of hydrogen-bond donors (Lipinski definition) is 1. The summed E-state index contributed by atoms with van der Waals surface area (Å²) in [6, 6.07) is 21.2. The molecule has 1 N–H and O–H groups in total. The van der Waals surface area contributed by atoms with Gasteiger partial charge in [-0.15, -0.1) is 10.2 Å². The molecule has 0 fully saturated rings. The van der Waals surface area contributed by atoms with E-state index in [1.165, 1.54) is 0 Å². The van der Waals surface area contributed by atoms with E-state index >= 15 is 0 Å². The molecule has 1 heterocycles. The van der Waals surface area contributed by atoms with Crippen LogP contribution in [0, 0.1) is 0 Å². The highest BCUT2D eigenvalue weighted by molar-refractivity contribution is 6.31. The van der Waals surface area contributed by atoms with Crippen molar-refractivity contribution in [3.63, 3.8) is 0 Å². The van der Waals surface area contributed by atoms with Crippen LogP contribution in [0.5, 0.6) is 11.5 Å². The minimum absolute atomic E-state index is 0.607. The molecule has 0 saturated heterocycles. The third-order valence-electron chi connectivity index (χ3n) is 4.47. The van der Waals surface area contributed by atoms with Crippen LogP contribution in [0.15, 0.2) is 66.7 Å². The van der Waals surface area contributed by atoms with Gasteiger partial charge in [0.25, 0.3) is 0 Å². The molecule has 5 nitrogen and oxygen atoms in total. The monoisotopic (exact) mass is 391 g/mol. The quantitative estimate of drug-likeness (QED) is 0.472. The van der Waals surface area contributed by atoms with Crippen LogP contribution in [0.3, 0.4) is 0 Å². The van der Waals surface area contributed by atoms with Gasteiger partial charge in [-0.3, -0.25) is 0 Å². The van der Waals surface area contributed by atoms with E-state index in [-0.39, 0.29) is 0 Å². The first-order valence-electron chi connectivity index (χ1n) is 8.70. The van der Waals surface area contributed by atoms with Crippen LogP contribution in [-0.4, -0.2) is 24.4 Å². The van der Waals surface area contributed by atoms with Crippen LogP contribution in [0.2, 0.25) is 5.02 Å². The van der Waals surface area contributed by atoms with Crippen molar-refractivity contribution in [1.82, 2.24) is 10.2 Å². The molecular formula is C22H18ClN3O2. The van der Waals surface area contributed by atoms with Gasteiger partial charge >= 0.3 is 0 Å². The molecule has 4 aromatic rings. The number of aromatic nitrogens is 2. The first-order valence-corrected chi connectivity index (χ1v) is 9.08. The van der Waals surface area contributed by atoms with E-state index in [2.05, 4.69) is 15.5 Å². The largest absolute Gasteiger partial charge is 0.497 e. The van der Waals surface area contributed by atoms with E-state index in [0.29, 0.717) is 16.6 Å². The van der Waals surface area contributed by atoms with Crippen molar-refractivity contribution in [2.45, 2.75) is 0 Å². The molecule has 3 aromatic carbocycles. The zero-order valence-electron chi connectivity index (χ0n) is 15.4. The predicted molar refractivity (Wildman–Crippen MR) is 113 cm³/mol. The Morgan fingerprint density at radius 1 is 0.821 bits per heavy atom. The van der Waals surface area contributed by atoms with Gasteiger partial charge in [-0.05, 0) is 42.5 Å². The number of nitrogens with one attached hydrogen (secondary N) is 1. The highest BCUT2D eigenvalue weighted by Gasteiger charge is 2.13. The Morgan fingerprint density at radius 3 is 2.29 bits per heavy atom. The summed E-state index contributed by atoms with van der Waals surface area (Å²) in [5.41, 5.74) is 2.50. The second-order valence-corrected chi connectivity index (χ2v) is 6.58. The summed E-state index contributed by atoms with van der Waals surface area (Å²) in [7, 11) is 3.26. The van der Waals surface area contributed by atoms with E-state index in [0.717, 1.165) is 33.5 Å². The molecule has 0 bridgehead atoms. The first kappa shape index (κ1) is 18.1. The number of methoxy groups -OCH3 is 2. The average Bonchev–Trinajstić information content (AvgIpc) is 2.74. The summed E-state index contributed by atoms with van der Waals surface area (Å²) >= 11 is 6.15. The number of anilines is 2. The Bertz CT molecular complexity index is 1130. The summed E-state index contributed by atoms with van der Waals surface area (Å²) in [5.74, 6) is 2.11. The zero-order valence-corrected chi connectivity index (χ0v) is 16.2. The topological polar surface area (TPSA) is 56.3 Å². The van der Waals surface area contributed by atoms with Crippen LogP contribution in [0.25, 0.3) is 22.0 Å². The molecule has 140 valence electrons. The van der Waals surface area contributed by atoms with Crippen LogP contribution in [0.4, 0.5) is 11.5 Å². The van der Waals surface area contributed by atoms with Crippen molar-refractivity contribution in [3.8, 4) is 22.8 Å². The van der Waals surface area contributed by atoms with Gasteiger partial charge < -0.3 is 14.8 Å². The van der Waals surface area contributed by atoms with Crippen LogP contribution < -0.4 is 14.8 Å². The smallest absolute Gasteiger partial charge is 0.161 e. The number of rotatable bonds is 5. The van der Waals surface area contributed by atoms with Gasteiger partial charge in [-0.2, -0.15) is 0 Å². The molecule has 0 spiro atoms. The Morgan fingerprint density at radius 2 is 1.57 bits per heavy atom. The summed E-state index contributed by atoms with van der Waals surface area (Å²) < 4.78 is 10.7. The van der Waals surface area contributed by atoms with Gasteiger partial charge in [0.1, 0.15) is 17.2 Å². The summed E-state index contributed by atoms with van der Waals surface area (Å²) in [5, 5.41) is 14.8. The summed E-state index contributed by atoms with van der Waals surface area (Å²) in [6.45, 7) is 0. The lowest BCUT2D eigenvalue weighted by atomic mass is 10.0. The predicted octanol–water partition coefficient (Wildman–Crippen LogP) is 5.71. The van der Waals surface area contributed by atoms with E-state index in [9.17, 15) is 0 Å².